The quantitative estimate of drug-likeness (QED) is 0.717. The van der Waals surface area contributed by atoms with Gasteiger partial charge in [0.25, 0.3) is 0 Å². The number of rotatable bonds is 7. The van der Waals surface area contributed by atoms with Crippen molar-refractivity contribution >= 4 is 11.8 Å². The van der Waals surface area contributed by atoms with Gasteiger partial charge < -0.3 is 10.1 Å². The topological polar surface area (TPSA) is 67.0 Å². The normalized spacial score (nSPS) is 16.2. The molecule has 5 nitrogen and oxygen atoms in total. The van der Waals surface area contributed by atoms with Crippen LogP contribution in [0.1, 0.15) is 62.6 Å². The Kier molecular flexibility index (Phi) is 5.76. The Bertz CT molecular complexity index is 807. The maximum Gasteiger partial charge on any atom is 0.336 e. The number of carbonyl (C=O) groups excluding carboxylic acids is 1. The minimum absolute atomic E-state index is 0.159. The molecule has 2 aromatic rings. The summed E-state index contributed by atoms with van der Waals surface area (Å²) in [5.74, 6) is 0.470. The Morgan fingerprint density at radius 1 is 1.12 bits per heavy atom. The van der Waals surface area contributed by atoms with Gasteiger partial charge in [-0.25, -0.2) is 4.79 Å². The van der Waals surface area contributed by atoms with Crippen molar-refractivity contribution in [3.8, 4) is 0 Å². The number of nitrogens with one attached hydrogen (secondary N) is 2. The molecule has 0 saturated carbocycles. The fraction of sp³-hybridized carbons (Fsp3) is 0.429. The number of aromatic nitrogens is 2. The smallest absolute Gasteiger partial charge is 0.336 e. The Morgan fingerprint density at radius 2 is 1.88 bits per heavy atom. The van der Waals surface area contributed by atoms with Crippen molar-refractivity contribution in [1.82, 2.24) is 10.2 Å². The van der Waals surface area contributed by atoms with Gasteiger partial charge in [-0.15, -0.1) is 0 Å². The summed E-state index contributed by atoms with van der Waals surface area (Å²) >= 11 is 0. The summed E-state index contributed by atoms with van der Waals surface area (Å²) in [6, 6.07) is 8.38. The standard InChI is InChI=1S/C21H27N3O2/c1-4-9-14-11-7-8-12-15(14)18-16-13-22-24-20(16)23-17(10-5-2)19(18)21(25)26-6-3/h7-8,11-13,18H,4-6,9-10H2,1-3H3,(H2,22,23,24). The van der Waals surface area contributed by atoms with Gasteiger partial charge in [0.1, 0.15) is 5.82 Å². The second kappa shape index (κ2) is 8.21. The zero-order valence-corrected chi connectivity index (χ0v) is 15.8. The lowest BCUT2D eigenvalue weighted by molar-refractivity contribution is -0.138. The summed E-state index contributed by atoms with van der Waals surface area (Å²) in [7, 11) is 0. The number of esters is 1. The number of anilines is 1. The van der Waals surface area contributed by atoms with Crippen LogP contribution in [0.25, 0.3) is 0 Å². The molecule has 2 N–H and O–H groups in total. The van der Waals surface area contributed by atoms with Gasteiger partial charge in [-0.2, -0.15) is 5.10 Å². The summed E-state index contributed by atoms with van der Waals surface area (Å²) < 4.78 is 5.43. The average molecular weight is 353 g/mol. The van der Waals surface area contributed by atoms with Crippen molar-refractivity contribution in [2.24, 2.45) is 0 Å². The van der Waals surface area contributed by atoms with Gasteiger partial charge in [0, 0.05) is 17.2 Å². The Hall–Kier alpha value is -2.56. The van der Waals surface area contributed by atoms with Crippen LogP contribution in [0.4, 0.5) is 5.82 Å². The summed E-state index contributed by atoms with van der Waals surface area (Å²) in [6.07, 6.45) is 5.59. The van der Waals surface area contributed by atoms with E-state index in [-0.39, 0.29) is 11.9 Å². The number of carbonyl (C=O) groups is 1. The van der Waals surface area contributed by atoms with Crippen LogP contribution in [0.5, 0.6) is 0 Å². The number of hydrogen-bond donors (Lipinski definition) is 2. The van der Waals surface area contributed by atoms with E-state index in [4.69, 9.17) is 4.74 Å². The van der Waals surface area contributed by atoms with Crippen molar-refractivity contribution < 1.29 is 9.53 Å². The highest BCUT2D eigenvalue weighted by molar-refractivity contribution is 5.94. The molecule has 1 atom stereocenters. The summed E-state index contributed by atoms with van der Waals surface area (Å²) in [5, 5.41) is 10.6. The third-order valence-electron chi connectivity index (χ3n) is 4.75. The van der Waals surface area contributed by atoms with Crippen LogP contribution in [0.2, 0.25) is 0 Å². The number of benzene rings is 1. The first-order valence-corrected chi connectivity index (χ1v) is 9.49. The van der Waals surface area contributed by atoms with Gasteiger partial charge in [0.05, 0.1) is 18.4 Å². The first-order valence-electron chi connectivity index (χ1n) is 9.49. The van der Waals surface area contributed by atoms with E-state index in [9.17, 15) is 4.79 Å². The van der Waals surface area contributed by atoms with E-state index in [2.05, 4.69) is 47.6 Å². The predicted molar refractivity (Wildman–Crippen MR) is 103 cm³/mol. The SMILES string of the molecule is CCCC1=C(C(=O)OCC)C(c2ccccc2CCC)c2cn[nH]c2N1. The van der Waals surface area contributed by atoms with Gasteiger partial charge in [0.15, 0.2) is 0 Å². The highest BCUT2D eigenvalue weighted by Gasteiger charge is 2.36. The largest absolute Gasteiger partial charge is 0.463 e. The monoisotopic (exact) mass is 353 g/mol. The van der Waals surface area contributed by atoms with E-state index < -0.39 is 0 Å². The van der Waals surface area contributed by atoms with Crippen molar-refractivity contribution in [2.75, 3.05) is 11.9 Å². The highest BCUT2D eigenvalue weighted by Crippen LogP contribution is 2.43. The molecule has 5 heteroatoms. The van der Waals surface area contributed by atoms with Crippen LogP contribution in [0.3, 0.4) is 0 Å². The average Bonchev–Trinajstić information content (AvgIpc) is 3.10. The maximum atomic E-state index is 12.9. The molecule has 2 heterocycles. The number of H-pyrrole nitrogens is 1. The van der Waals surface area contributed by atoms with Crippen LogP contribution < -0.4 is 5.32 Å². The first kappa shape index (κ1) is 18.2. The van der Waals surface area contributed by atoms with Crippen LogP contribution in [-0.4, -0.2) is 22.8 Å². The van der Waals surface area contributed by atoms with Crippen molar-refractivity contribution in [1.29, 1.82) is 0 Å². The second-order valence-corrected chi connectivity index (χ2v) is 6.57. The number of aromatic amines is 1. The van der Waals surface area contributed by atoms with Crippen LogP contribution in [0, 0.1) is 0 Å². The Morgan fingerprint density at radius 3 is 2.62 bits per heavy atom. The molecule has 138 valence electrons. The third kappa shape index (κ3) is 3.39. The lowest BCUT2D eigenvalue weighted by Gasteiger charge is -2.30. The molecule has 0 spiro atoms. The summed E-state index contributed by atoms with van der Waals surface area (Å²) in [5.41, 5.74) is 5.07. The molecule has 1 aliphatic rings. The number of fused-ring (bicyclic) bond motifs is 1. The molecule has 1 aromatic heterocycles. The van der Waals surface area contributed by atoms with E-state index in [0.717, 1.165) is 48.3 Å². The Balaban J connectivity index is 2.19. The molecule has 0 bridgehead atoms. The zero-order valence-electron chi connectivity index (χ0n) is 15.8. The third-order valence-corrected chi connectivity index (χ3v) is 4.75. The van der Waals surface area contributed by atoms with Crippen LogP contribution in [-0.2, 0) is 16.0 Å². The summed E-state index contributed by atoms with van der Waals surface area (Å²) in [4.78, 5) is 12.9. The number of nitrogens with zero attached hydrogens (tertiary/aromatic N) is 1. The predicted octanol–water partition coefficient (Wildman–Crippen LogP) is 4.54. The molecule has 0 saturated heterocycles. The maximum absolute atomic E-state index is 12.9. The van der Waals surface area contributed by atoms with E-state index in [0.29, 0.717) is 12.2 Å². The van der Waals surface area contributed by atoms with Crippen molar-refractivity contribution in [3.63, 3.8) is 0 Å². The molecule has 1 aliphatic heterocycles. The van der Waals surface area contributed by atoms with E-state index in [1.54, 1.807) is 0 Å². The van der Waals surface area contributed by atoms with Gasteiger partial charge in [-0.1, -0.05) is 51.0 Å². The Labute approximate surface area is 154 Å². The number of ether oxygens (including phenoxy) is 1. The summed E-state index contributed by atoms with van der Waals surface area (Å²) in [6.45, 7) is 6.49. The number of allylic oxidation sites excluding steroid dienone is 1. The number of hydrogen-bond acceptors (Lipinski definition) is 4. The molecule has 1 unspecified atom stereocenters. The number of aryl methyl sites for hydroxylation is 1. The zero-order chi connectivity index (χ0) is 18.5. The molecular weight excluding hydrogens is 326 g/mol. The van der Waals surface area contributed by atoms with E-state index >= 15 is 0 Å². The van der Waals surface area contributed by atoms with Gasteiger partial charge >= 0.3 is 5.97 Å². The van der Waals surface area contributed by atoms with E-state index in [1.165, 1.54) is 5.56 Å². The van der Waals surface area contributed by atoms with Crippen LogP contribution in [0.15, 0.2) is 41.7 Å². The van der Waals surface area contributed by atoms with Crippen molar-refractivity contribution in [3.05, 3.63) is 58.4 Å². The lowest BCUT2D eigenvalue weighted by atomic mass is 9.79. The molecule has 0 fully saturated rings. The highest BCUT2D eigenvalue weighted by atomic mass is 16.5. The van der Waals surface area contributed by atoms with Gasteiger partial charge in [-0.3, -0.25) is 5.10 Å². The molecule has 3 rings (SSSR count). The molecular formula is C21H27N3O2. The minimum atomic E-state index is -0.244. The molecule has 0 aliphatic carbocycles. The van der Waals surface area contributed by atoms with E-state index in [1.807, 2.05) is 19.2 Å². The molecule has 26 heavy (non-hydrogen) atoms. The second-order valence-electron chi connectivity index (χ2n) is 6.57. The first-order chi connectivity index (χ1) is 12.7. The van der Waals surface area contributed by atoms with Crippen molar-refractivity contribution in [2.45, 2.75) is 52.4 Å². The van der Waals surface area contributed by atoms with Gasteiger partial charge in [0.2, 0.25) is 0 Å². The molecule has 1 aromatic carbocycles. The fourth-order valence-corrected chi connectivity index (χ4v) is 3.70. The molecule has 0 amide bonds. The lowest BCUT2D eigenvalue weighted by Crippen LogP contribution is -2.25. The van der Waals surface area contributed by atoms with Gasteiger partial charge in [-0.05, 0) is 30.9 Å². The fourth-order valence-electron chi connectivity index (χ4n) is 3.70. The molecule has 0 radical (unpaired) electrons. The van der Waals surface area contributed by atoms with Crippen LogP contribution >= 0.6 is 0 Å². The minimum Gasteiger partial charge on any atom is -0.463 e.